The van der Waals surface area contributed by atoms with E-state index in [0.29, 0.717) is 13.0 Å². The van der Waals surface area contributed by atoms with Gasteiger partial charge in [-0.1, -0.05) is 60.7 Å². The Hall–Kier alpha value is -2.87. The molecule has 1 atom stereocenters. The van der Waals surface area contributed by atoms with Crippen LogP contribution in [0.25, 0.3) is 0 Å². The maximum atomic E-state index is 12.0. The Bertz CT molecular complexity index is 707. The van der Waals surface area contributed by atoms with Crippen molar-refractivity contribution in [1.82, 2.24) is 5.32 Å². The zero-order valence-corrected chi connectivity index (χ0v) is 14.5. The van der Waals surface area contributed by atoms with Gasteiger partial charge in [0, 0.05) is 13.0 Å². The number of halogens is 3. The first-order chi connectivity index (χ1) is 12.7. The number of carboxylic acids is 1. The molecule has 0 aromatic heterocycles. The number of hydrogen-bond donors (Lipinski definition) is 2. The molecule has 0 aliphatic carbocycles. The van der Waals surface area contributed by atoms with Gasteiger partial charge in [-0.05, 0) is 17.5 Å². The molecule has 0 radical (unpaired) electrons. The lowest BCUT2D eigenvalue weighted by molar-refractivity contribution is -0.403. The van der Waals surface area contributed by atoms with Crippen LogP contribution in [0.1, 0.15) is 11.1 Å². The van der Waals surface area contributed by atoms with Gasteiger partial charge in [0.2, 0.25) is 0 Å². The number of benzene rings is 2. The number of carbonyl (C=O) groups excluding carboxylic acids is 2. The lowest BCUT2D eigenvalue weighted by Crippen LogP contribution is -2.68. The van der Waals surface area contributed by atoms with Crippen LogP contribution in [-0.2, 0) is 22.4 Å². The van der Waals surface area contributed by atoms with Gasteiger partial charge >= 0.3 is 6.18 Å². The van der Waals surface area contributed by atoms with Crippen LogP contribution in [-0.4, -0.2) is 30.6 Å². The van der Waals surface area contributed by atoms with Crippen molar-refractivity contribution >= 4 is 11.9 Å². The van der Waals surface area contributed by atoms with Crippen LogP contribution in [0.4, 0.5) is 13.2 Å². The summed E-state index contributed by atoms with van der Waals surface area (Å²) in [5.74, 6) is -2.99. The largest absolute Gasteiger partial charge is 0.542 e. The van der Waals surface area contributed by atoms with Gasteiger partial charge in [0.1, 0.15) is 5.97 Å². The van der Waals surface area contributed by atoms with E-state index in [1.807, 2.05) is 48.5 Å². The molecule has 0 fully saturated rings. The minimum Gasteiger partial charge on any atom is -0.542 e. The van der Waals surface area contributed by atoms with E-state index in [4.69, 9.17) is 9.90 Å². The zero-order valence-electron chi connectivity index (χ0n) is 14.5. The molecule has 0 heterocycles. The standard InChI is InChI=1S/C17H20N2O.C2HF3O2/c18-16(13-15-9-5-2-6-10-15)17(20)19-12-11-14-7-3-1-4-8-14;3-2(4,5)1(6)7/h1-10,16H,11-13,18H2,(H,19,20);(H,6,7)/t16-;/m1./s1. The first kappa shape index (κ1) is 22.2. The normalized spacial score (nSPS) is 11.7. The quantitative estimate of drug-likeness (QED) is 0.761. The van der Waals surface area contributed by atoms with E-state index in [1.54, 1.807) is 0 Å². The number of hydrogen-bond acceptors (Lipinski definition) is 3. The van der Waals surface area contributed by atoms with Crippen molar-refractivity contribution in [3.05, 3.63) is 71.8 Å². The molecule has 1 amide bonds. The van der Waals surface area contributed by atoms with Crippen molar-refractivity contribution in [2.24, 2.45) is 0 Å². The Balaban J connectivity index is 0.000000445. The molecule has 0 saturated carbocycles. The van der Waals surface area contributed by atoms with Crippen molar-refractivity contribution in [1.29, 1.82) is 0 Å². The van der Waals surface area contributed by atoms with E-state index in [1.165, 1.54) is 5.56 Å². The molecule has 27 heavy (non-hydrogen) atoms. The van der Waals surface area contributed by atoms with Crippen LogP contribution >= 0.6 is 0 Å². The second-order valence-corrected chi connectivity index (χ2v) is 5.70. The molecular formula is C19H21F3N2O3. The summed E-state index contributed by atoms with van der Waals surface area (Å²) in [5, 5.41) is 11.7. The number of quaternary nitrogens is 1. The number of rotatable bonds is 6. The van der Waals surface area contributed by atoms with Crippen molar-refractivity contribution in [3.8, 4) is 0 Å². The number of amides is 1. The van der Waals surface area contributed by atoms with Crippen molar-refractivity contribution in [2.75, 3.05) is 6.54 Å². The lowest BCUT2D eigenvalue weighted by Gasteiger charge is -2.10. The predicted molar refractivity (Wildman–Crippen MR) is 91.0 cm³/mol. The zero-order chi connectivity index (χ0) is 20.3. The summed E-state index contributed by atoms with van der Waals surface area (Å²) in [6.45, 7) is 0.656. The van der Waals surface area contributed by atoms with Crippen molar-refractivity contribution < 1.29 is 33.6 Å². The number of nitrogens with one attached hydrogen (secondary N) is 1. The fourth-order valence-electron chi connectivity index (χ4n) is 2.11. The summed E-state index contributed by atoms with van der Waals surface area (Å²) >= 11 is 0. The van der Waals surface area contributed by atoms with Gasteiger partial charge in [-0.3, -0.25) is 4.79 Å². The Morgan fingerprint density at radius 1 is 0.963 bits per heavy atom. The van der Waals surface area contributed by atoms with Gasteiger partial charge in [0.05, 0.1) is 0 Å². The molecule has 0 bridgehead atoms. The van der Waals surface area contributed by atoms with E-state index in [9.17, 15) is 18.0 Å². The topological polar surface area (TPSA) is 96.9 Å². The van der Waals surface area contributed by atoms with E-state index in [0.717, 1.165) is 12.0 Å². The molecule has 5 nitrogen and oxygen atoms in total. The van der Waals surface area contributed by atoms with Crippen molar-refractivity contribution in [3.63, 3.8) is 0 Å². The Morgan fingerprint density at radius 3 is 1.85 bits per heavy atom. The molecule has 0 unspecified atom stereocenters. The van der Waals surface area contributed by atoms with Gasteiger partial charge in [0.15, 0.2) is 6.04 Å². The molecule has 0 saturated heterocycles. The fraction of sp³-hybridized carbons (Fsp3) is 0.263. The van der Waals surface area contributed by atoms with Crippen molar-refractivity contribution in [2.45, 2.75) is 25.1 Å². The highest BCUT2D eigenvalue weighted by atomic mass is 19.4. The number of carboxylic acid groups (broad SMARTS) is 1. The van der Waals surface area contributed by atoms with Crippen LogP contribution in [0.5, 0.6) is 0 Å². The minimum atomic E-state index is -5.19. The van der Waals surface area contributed by atoms with Crippen LogP contribution in [0.2, 0.25) is 0 Å². The minimum absolute atomic E-state index is 0.0183. The third kappa shape index (κ3) is 9.41. The van der Waals surface area contributed by atoms with Crippen LogP contribution < -0.4 is 16.2 Å². The Morgan fingerprint density at radius 2 is 1.41 bits per heavy atom. The molecule has 2 rings (SSSR count). The molecular weight excluding hydrogens is 361 g/mol. The summed E-state index contributed by atoms with van der Waals surface area (Å²) in [6.07, 6.45) is -3.66. The summed E-state index contributed by atoms with van der Waals surface area (Å²) in [5.41, 5.74) is 6.32. The molecule has 8 heteroatoms. The third-order valence-corrected chi connectivity index (χ3v) is 3.48. The summed E-state index contributed by atoms with van der Waals surface area (Å²) in [6, 6.07) is 19.9. The summed E-state index contributed by atoms with van der Waals surface area (Å²) < 4.78 is 31.5. The highest BCUT2D eigenvalue weighted by molar-refractivity contribution is 5.80. The van der Waals surface area contributed by atoms with Gasteiger partial charge in [-0.15, -0.1) is 0 Å². The fourth-order valence-corrected chi connectivity index (χ4v) is 2.11. The summed E-state index contributed by atoms with van der Waals surface area (Å²) in [7, 11) is 0. The van der Waals surface area contributed by atoms with Gasteiger partial charge in [0.25, 0.3) is 5.91 Å². The van der Waals surface area contributed by atoms with Gasteiger partial charge < -0.3 is 21.0 Å². The maximum absolute atomic E-state index is 12.0. The van der Waals surface area contributed by atoms with E-state index in [2.05, 4.69) is 23.2 Å². The first-order valence-electron chi connectivity index (χ1n) is 8.17. The molecule has 0 spiro atoms. The smallest absolute Gasteiger partial charge is 0.430 e. The third-order valence-electron chi connectivity index (χ3n) is 3.48. The van der Waals surface area contributed by atoms with E-state index < -0.39 is 12.1 Å². The van der Waals surface area contributed by atoms with E-state index in [-0.39, 0.29) is 11.9 Å². The molecule has 0 aliphatic heterocycles. The SMILES string of the molecule is O=C([O-])C(F)(F)F.[NH3+][C@H](Cc1ccccc1)C(=O)NCCc1ccccc1. The summed E-state index contributed by atoms with van der Waals surface area (Å²) in [4.78, 5) is 20.7. The lowest BCUT2D eigenvalue weighted by atomic mass is 10.1. The second-order valence-electron chi connectivity index (χ2n) is 5.70. The Kier molecular flexibility index (Phi) is 9.01. The second kappa shape index (κ2) is 11.0. The predicted octanol–water partition coefficient (Wildman–Crippen LogP) is 0.497. The van der Waals surface area contributed by atoms with Gasteiger partial charge in [-0.2, -0.15) is 13.2 Å². The van der Waals surface area contributed by atoms with Crippen LogP contribution in [0, 0.1) is 0 Å². The average molecular weight is 382 g/mol. The monoisotopic (exact) mass is 382 g/mol. The Labute approximate surface area is 155 Å². The van der Waals surface area contributed by atoms with Crippen LogP contribution in [0.3, 0.4) is 0 Å². The van der Waals surface area contributed by atoms with Gasteiger partial charge in [-0.25, -0.2) is 0 Å². The number of alkyl halides is 3. The first-order valence-corrected chi connectivity index (χ1v) is 8.17. The maximum Gasteiger partial charge on any atom is 0.430 e. The molecule has 4 N–H and O–H groups in total. The molecule has 146 valence electrons. The number of carbonyl (C=O) groups is 2. The van der Waals surface area contributed by atoms with Crippen LogP contribution in [0.15, 0.2) is 60.7 Å². The average Bonchev–Trinajstić information content (AvgIpc) is 2.63. The molecule has 2 aromatic rings. The molecule has 2 aromatic carbocycles. The number of aliphatic carboxylic acids is 1. The van der Waals surface area contributed by atoms with E-state index >= 15 is 0 Å². The molecule has 0 aliphatic rings. The highest BCUT2D eigenvalue weighted by Gasteiger charge is 2.28. The highest BCUT2D eigenvalue weighted by Crippen LogP contribution is 2.11.